The second-order valence-electron chi connectivity index (χ2n) is 9.03. The number of carbonyl (C=O) groups excluding carboxylic acids is 2. The minimum atomic E-state index is -0.619. The van der Waals surface area contributed by atoms with Crippen LogP contribution in [-0.4, -0.2) is 29.4 Å². The van der Waals surface area contributed by atoms with Crippen LogP contribution in [0.2, 0.25) is 0 Å². The zero-order valence-corrected chi connectivity index (χ0v) is 18.6. The Morgan fingerprint density at radius 1 is 0.765 bits per heavy atom. The van der Waals surface area contributed by atoms with Gasteiger partial charge in [-0.3, -0.25) is 14.5 Å². The van der Waals surface area contributed by atoms with Crippen LogP contribution in [0, 0.1) is 0 Å². The van der Waals surface area contributed by atoms with Crippen LogP contribution in [0.4, 0.5) is 11.4 Å². The van der Waals surface area contributed by atoms with Crippen molar-refractivity contribution in [3.8, 4) is 0 Å². The number of nitrogens with zero attached hydrogens (tertiary/aromatic N) is 4. The molecular formula is C26H24N6O2. The molecule has 3 aliphatic rings. The van der Waals surface area contributed by atoms with Crippen LogP contribution >= 0.6 is 0 Å². The first-order chi connectivity index (χ1) is 16.5. The molecule has 34 heavy (non-hydrogen) atoms. The van der Waals surface area contributed by atoms with E-state index in [0.717, 1.165) is 42.9 Å². The normalized spacial score (nSPS) is 19.4. The molecule has 8 nitrogen and oxygen atoms in total. The number of nitrogens with two attached hydrogens (primary N) is 2. The molecule has 0 unspecified atom stereocenters. The molecule has 2 amide bonds. The van der Waals surface area contributed by atoms with Crippen LogP contribution in [-0.2, 0) is 0 Å². The summed E-state index contributed by atoms with van der Waals surface area (Å²) in [5.74, 6) is -0.273. The van der Waals surface area contributed by atoms with Crippen LogP contribution in [0.15, 0.2) is 70.6 Å². The Morgan fingerprint density at radius 2 is 1.47 bits per heavy atom. The quantitative estimate of drug-likeness (QED) is 0.574. The molecule has 170 valence electrons. The molecule has 1 spiro atoms. The van der Waals surface area contributed by atoms with Gasteiger partial charge in [0.25, 0.3) is 11.8 Å². The molecule has 3 aromatic rings. The highest BCUT2D eigenvalue weighted by atomic mass is 16.2. The number of carbonyl (C=O) groups is 2. The summed E-state index contributed by atoms with van der Waals surface area (Å²) in [7, 11) is 0. The van der Waals surface area contributed by atoms with E-state index in [9.17, 15) is 9.59 Å². The minimum absolute atomic E-state index is 0.172. The smallest absolute Gasteiger partial charge is 0.266 e. The largest absolute Gasteiger partial charge is 0.369 e. The van der Waals surface area contributed by atoms with Crippen LogP contribution in [0.5, 0.6) is 0 Å². The van der Waals surface area contributed by atoms with Crippen molar-refractivity contribution in [2.75, 3.05) is 9.80 Å². The second-order valence-corrected chi connectivity index (χ2v) is 9.03. The summed E-state index contributed by atoms with van der Waals surface area (Å²) in [4.78, 5) is 38.7. The van der Waals surface area contributed by atoms with E-state index >= 15 is 0 Å². The van der Waals surface area contributed by atoms with Gasteiger partial charge in [0.15, 0.2) is 0 Å². The van der Waals surface area contributed by atoms with Crippen molar-refractivity contribution in [3.63, 3.8) is 0 Å². The van der Waals surface area contributed by atoms with Gasteiger partial charge in [-0.15, -0.1) is 0 Å². The highest BCUT2D eigenvalue weighted by Gasteiger charge is 2.44. The highest BCUT2D eigenvalue weighted by Crippen LogP contribution is 2.41. The first kappa shape index (κ1) is 20.4. The van der Waals surface area contributed by atoms with Gasteiger partial charge in [-0.1, -0.05) is 36.8 Å². The molecule has 0 radical (unpaired) electrons. The van der Waals surface area contributed by atoms with Crippen molar-refractivity contribution in [1.82, 2.24) is 0 Å². The van der Waals surface area contributed by atoms with E-state index in [1.165, 1.54) is 4.90 Å². The summed E-state index contributed by atoms with van der Waals surface area (Å²) in [6.07, 6.45) is 4.70. The van der Waals surface area contributed by atoms with Crippen molar-refractivity contribution in [3.05, 3.63) is 71.8 Å². The number of benzene rings is 3. The Balaban J connectivity index is 1.41. The van der Waals surface area contributed by atoms with Crippen LogP contribution in [0.25, 0.3) is 10.8 Å². The van der Waals surface area contributed by atoms with Crippen molar-refractivity contribution in [2.24, 2.45) is 21.5 Å². The van der Waals surface area contributed by atoms with Gasteiger partial charge in [0.2, 0.25) is 11.9 Å². The Hall–Kier alpha value is -4.20. The standard InChI is InChI=1S/C26H24N6O2/c27-24-29-25(28)32(26(30-24)12-4-1-5-13-26)19-10-11-20-21(15-19)23(34)31(22(20)33)18-9-8-16-6-2-3-7-17(16)14-18/h2-3,6-11,14-15H,1,4-5,12-13H2,(H4,27,28,29,30). The molecule has 4 N–H and O–H groups in total. The Kier molecular flexibility index (Phi) is 4.45. The zero-order chi connectivity index (χ0) is 23.4. The number of amides is 2. The molecule has 1 aliphatic carbocycles. The minimum Gasteiger partial charge on any atom is -0.369 e. The lowest BCUT2D eigenvalue weighted by Crippen LogP contribution is -2.58. The molecule has 0 saturated heterocycles. The number of rotatable bonds is 2. The highest BCUT2D eigenvalue weighted by molar-refractivity contribution is 6.35. The topological polar surface area (TPSA) is 117 Å². The molecule has 1 fully saturated rings. The van der Waals surface area contributed by atoms with E-state index in [2.05, 4.69) is 4.99 Å². The fraction of sp³-hybridized carbons (Fsp3) is 0.231. The van der Waals surface area contributed by atoms with E-state index < -0.39 is 5.66 Å². The molecule has 6 rings (SSSR count). The van der Waals surface area contributed by atoms with Gasteiger partial charge in [-0.05, 0) is 66.8 Å². The number of imide groups is 1. The molecule has 1 saturated carbocycles. The number of fused-ring (bicyclic) bond motifs is 2. The number of hydrogen-bond donors (Lipinski definition) is 2. The lowest BCUT2D eigenvalue weighted by Gasteiger charge is -2.45. The molecule has 8 heteroatoms. The first-order valence-electron chi connectivity index (χ1n) is 11.5. The number of guanidine groups is 2. The maximum atomic E-state index is 13.5. The third kappa shape index (κ3) is 2.98. The monoisotopic (exact) mass is 452 g/mol. The Morgan fingerprint density at radius 3 is 2.26 bits per heavy atom. The second kappa shape index (κ2) is 7.41. The van der Waals surface area contributed by atoms with Gasteiger partial charge in [0.1, 0.15) is 5.66 Å². The van der Waals surface area contributed by atoms with Gasteiger partial charge in [0, 0.05) is 5.69 Å². The Bertz CT molecular complexity index is 1420. The summed E-state index contributed by atoms with van der Waals surface area (Å²) < 4.78 is 0. The molecule has 0 aromatic heterocycles. The van der Waals surface area contributed by atoms with Gasteiger partial charge in [-0.2, -0.15) is 4.99 Å². The van der Waals surface area contributed by atoms with Crippen molar-refractivity contribution in [2.45, 2.75) is 37.8 Å². The average Bonchev–Trinajstić information content (AvgIpc) is 3.08. The van der Waals surface area contributed by atoms with Crippen LogP contribution in [0.1, 0.15) is 52.8 Å². The summed E-state index contributed by atoms with van der Waals surface area (Å²) in [6, 6.07) is 18.7. The average molecular weight is 453 g/mol. The number of aliphatic imine (C=N–C) groups is 2. The molecular weight excluding hydrogens is 428 g/mol. The van der Waals surface area contributed by atoms with E-state index in [1.807, 2.05) is 47.4 Å². The first-order valence-corrected chi connectivity index (χ1v) is 11.5. The molecule has 0 bridgehead atoms. The fourth-order valence-corrected chi connectivity index (χ4v) is 5.41. The summed E-state index contributed by atoms with van der Waals surface area (Å²) in [5.41, 5.74) is 13.6. The van der Waals surface area contributed by atoms with Gasteiger partial charge in [0.05, 0.1) is 16.8 Å². The summed E-state index contributed by atoms with van der Waals surface area (Å²) in [6.45, 7) is 0. The zero-order valence-electron chi connectivity index (χ0n) is 18.6. The van der Waals surface area contributed by atoms with Gasteiger partial charge in [-0.25, -0.2) is 9.89 Å². The van der Waals surface area contributed by atoms with Crippen LogP contribution < -0.4 is 21.3 Å². The van der Waals surface area contributed by atoms with Gasteiger partial charge >= 0.3 is 0 Å². The van der Waals surface area contributed by atoms with E-state index in [-0.39, 0.29) is 23.7 Å². The van der Waals surface area contributed by atoms with E-state index in [1.54, 1.807) is 18.2 Å². The van der Waals surface area contributed by atoms with Crippen molar-refractivity contribution >= 4 is 45.9 Å². The SMILES string of the molecule is NC1=NC2(CCCCC2)N(c2ccc3c(c2)C(=O)N(c2ccc4ccccc4c2)C3=O)C(N)=N1. The summed E-state index contributed by atoms with van der Waals surface area (Å²) >= 11 is 0. The van der Waals surface area contributed by atoms with Crippen molar-refractivity contribution in [1.29, 1.82) is 0 Å². The molecule has 0 atom stereocenters. The molecule has 3 aromatic carbocycles. The number of anilines is 2. The third-order valence-corrected chi connectivity index (χ3v) is 6.97. The predicted octanol–water partition coefficient (Wildman–Crippen LogP) is 3.75. The van der Waals surface area contributed by atoms with E-state index in [4.69, 9.17) is 16.5 Å². The lowest BCUT2D eigenvalue weighted by atomic mass is 9.87. The maximum Gasteiger partial charge on any atom is 0.266 e. The number of hydrogen-bond acceptors (Lipinski definition) is 7. The predicted molar refractivity (Wildman–Crippen MR) is 133 cm³/mol. The molecule has 2 aliphatic heterocycles. The summed E-state index contributed by atoms with van der Waals surface area (Å²) in [5, 5.41) is 2.01. The molecule has 2 heterocycles. The van der Waals surface area contributed by atoms with Crippen molar-refractivity contribution < 1.29 is 9.59 Å². The third-order valence-electron chi connectivity index (χ3n) is 6.97. The van der Waals surface area contributed by atoms with Crippen LogP contribution in [0.3, 0.4) is 0 Å². The maximum absolute atomic E-state index is 13.5. The fourth-order valence-electron chi connectivity index (χ4n) is 5.41. The Labute approximate surface area is 196 Å². The van der Waals surface area contributed by atoms with E-state index in [0.29, 0.717) is 22.5 Å². The van der Waals surface area contributed by atoms with Gasteiger partial charge < -0.3 is 11.5 Å². The lowest BCUT2D eigenvalue weighted by molar-refractivity contribution is 0.0926.